The van der Waals surface area contributed by atoms with Gasteiger partial charge in [-0.2, -0.15) is 4.31 Å². The molecule has 1 aromatic heterocycles. The smallest absolute Gasteiger partial charge is 0.253 e. The zero-order valence-corrected chi connectivity index (χ0v) is 17.3. The summed E-state index contributed by atoms with van der Waals surface area (Å²) in [4.78, 5) is 26.8. The molecule has 0 aliphatic carbocycles. The van der Waals surface area contributed by atoms with Crippen molar-refractivity contribution in [3.63, 3.8) is 0 Å². The number of imide groups is 1. The van der Waals surface area contributed by atoms with E-state index in [4.69, 9.17) is 0 Å². The van der Waals surface area contributed by atoms with Crippen LogP contribution in [0.5, 0.6) is 0 Å². The van der Waals surface area contributed by atoms with Crippen molar-refractivity contribution in [3.8, 4) is 0 Å². The Kier molecular flexibility index (Phi) is 5.00. The maximum Gasteiger partial charge on any atom is 0.253 e. The molecule has 1 saturated heterocycles. The van der Waals surface area contributed by atoms with Crippen LogP contribution in [-0.2, 0) is 19.6 Å². The van der Waals surface area contributed by atoms with E-state index in [1.54, 1.807) is 44.4 Å². The topological polar surface area (TPSA) is 74.8 Å². The van der Waals surface area contributed by atoms with Gasteiger partial charge in [0.05, 0.1) is 12.1 Å². The van der Waals surface area contributed by atoms with E-state index in [1.807, 2.05) is 19.1 Å². The highest BCUT2D eigenvalue weighted by Crippen LogP contribution is 2.35. The van der Waals surface area contributed by atoms with Gasteiger partial charge >= 0.3 is 0 Å². The van der Waals surface area contributed by atoms with Gasteiger partial charge in [-0.15, -0.1) is 11.3 Å². The molecule has 0 radical (unpaired) electrons. The predicted molar refractivity (Wildman–Crippen MR) is 105 cm³/mol. The number of nitrogens with zero attached hydrogens (tertiary/aromatic N) is 2. The fourth-order valence-electron chi connectivity index (χ4n) is 3.27. The Balaban J connectivity index is 2.03. The van der Waals surface area contributed by atoms with Crippen molar-refractivity contribution >= 4 is 38.9 Å². The third-order valence-electron chi connectivity index (χ3n) is 4.37. The molecule has 0 bridgehead atoms. The van der Waals surface area contributed by atoms with Gasteiger partial charge in [-0.1, -0.05) is 23.8 Å². The Labute approximate surface area is 163 Å². The highest BCUT2D eigenvalue weighted by molar-refractivity contribution is 7.91. The number of sulfonamides is 1. The van der Waals surface area contributed by atoms with Gasteiger partial charge in [-0.05, 0) is 51.3 Å². The fraction of sp³-hybridized carbons (Fsp3) is 0.368. The highest BCUT2D eigenvalue weighted by atomic mass is 32.2. The van der Waals surface area contributed by atoms with Crippen molar-refractivity contribution in [3.05, 3.63) is 47.3 Å². The second-order valence-electron chi connectivity index (χ2n) is 7.53. The van der Waals surface area contributed by atoms with Gasteiger partial charge in [-0.25, -0.2) is 13.3 Å². The minimum absolute atomic E-state index is 0.159. The molecular weight excluding hydrogens is 384 g/mol. The summed E-state index contributed by atoms with van der Waals surface area (Å²) in [7, 11) is -3.92. The molecule has 6 nitrogen and oxygen atoms in total. The van der Waals surface area contributed by atoms with Gasteiger partial charge in [-0.3, -0.25) is 9.59 Å². The summed E-state index contributed by atoms with van der Waals surface area (Å²) in [6, 6.07) is 9.12. The third-order valence-corrected chi connectivity index (χ3v) is 7.91. The van der Waals surface area contributed by atoms with Crippen molar-refractivity contribution in [2.75, 3.05) is 4.90 Å². The molecule has 27 heavy (non-hydrogen) atoms. The quantitative estimate of drug-likeness (QED) is 0.731. The van der Waals surface area contributed by atoms with Crippen LogP contribution in [0.2, 0.25) is 0 Å². The molecule has 1 aromatic carbocycles. The molecule has 0 saturated carbocycles. The molecule has 2 amide bonds. The van der Waals surface area contributed by atoms with Crippen LogP contribution in [0.3, 0.4) is 0 Å². The Morgan fingerprint density at radius 3 is 2.26 bits per heavy atom. The van der Waals surface area contributed by atoms with Crippen LogP contribution < -0.4 is 4.90 Å². The van der Waals surface area contributed by atoms with Crippen LogP contribution in [0, 0.1) is 6.92 Å². The lowest BCUT2D eigenvalue weighted by Crippen LogP contribution is -2.54. The summed E-state index contributed by atoms with van der Waals surface area (Å²) >= 11 is 1.09. The predicted octanol–water partition coefficient (Wildman–Crippen LogP) is 3.18. The van der Waals surface area contributed by atoms with Gasteiger partial charge in [0, 0.05) is 5.54 Å². The summed E-state index contributed by atoms with van der Waals surface area (Å²) in [5, 5.41) is 1.67. The first-order valence-electron chi connectivity index (χ1n) is 8.55. The van der Waals surface area contributed by atoms with Gasteiger partial charge in [0.2, 0.25) is 5.91 Å². The zero-order chi connectivity index (χ0) is 20.0. The number of amides is 2. The maximum atomic E-state index is 13.2. The minimum Gasteiger partial charge on any atom is -0.274 e. The standard InChI is InChI=1S/C19H22N2O4S2/c1-13-7-9-14(10-8-13)20-16(22)12-15(18(20)23)21(19(2,3)4)27(24,25)17-6-5-11-26-17/h5-11,15H,12H2,1-4H3. The van der Waals surface area contributed by atoms with E-state index in [-0.39, 0.29) is 10.6 Å². The Morgan fingerprint density at radius 1 is 1.11 bits per heavy atom. The molecule has 144 valence electrons. The first-order chi connectivity index (χ1) is 12.5. The fourth-order valence-corrected chi connectivity index (χ4v) is 6.27. The molecule has 0 spiro atoms. The van der Waals surface area contributed by atoms with Crippen molar-refractivity contribution in [2.45, 2.75) is 49.9 Å². The first kappa shape index (κ1) is 19.7. The number of hydrogen-bond donors (Lipinski definition) is 0. The van der Waals surface area contributed by atoms with E-state index in [1.165, 1.54) is 10.4 Å². The summed E-state index contributed by atoms with van der Waals surface area (Å²) in [6.45, 7) is 7.09. The third kappa shape index (κ3) is 3.56. The molecule has 0 N–H and O–H groups in total. The van der Waals surface area contributed by atoms with Gasteiger partial charge in [0.25, 0.3) is 15.9 Å². The average Bonchev–Trinajstić information content (AvgIpc) is 3.17. The number of benzene rings is 1. The molecule has 2 aromatic rings. The summed E-state index contributed by atoms with van der Waals surface area (Å²) in [5.74, 6) is -0.914. The molecule has 3 rings (SSSR count). The molecule has 1 unspecified atom stereocenters. The van der Waals surface area contributed by atoms with Crippen LogP contribution in [0.25, 0.3) is 0 Å². The van der Waals surface area contributed by atoms with Crippen molar-refractivity contribution in [2.24, 2.45) is 0 Å². The van der Waals surface area contributed by atoms with Crippen LogP contribution in [-0.4, -0.2) is 36.1 Å². The van der Waals surface area contributed by atoms with Crippen molar-refractivity contribution < 1.29 is 18.0 Å². The van der Waals surface area contributed by atoms with E-state index in [2.05, 4.69) is 0 Å². The van der Waals surface area contributed by atoms with Gasteiger partial charge in [0.1, 0.15) is 10.3 Å². The van der Waals surface area contributed by atoms with Crippen molar-refractivity contribution in [1.29, 1.82) is 0 Å². The maximum absolute atomic E-state index is 13.2. The molecule has 8 heteroatoms. The number of thiophene rings is 1. The number of hydrogen-bond acceptors (Lipinski definition) is 5. The number of anilines is 1. The van der Waals surface area contributed by atoms with E-state index in [0.717, 1.165) is 21.8 Å². The minimum atomic E-state index is -3.92. The second-order valence-corrected chi connectivity index (χ2v) is 10.5. The summed E-state index contributed by atoms with van der Waals surface area (Å²) < 4.78 is 27.8. The summed E-state index contributed by atoms with van der Waals surface area (Å²) in [5.41, 5.74) is 0.596. The molecule has 2 heterocycles. The molecule has 1 aliphatic heterocycles. The van der Waals surface area contributed by atoms with Crippen molar-refractivity contribution in [1.82, 2.24) is 4.31 Å². The van der Waals surface area contributed by atoms with E-state index < -0.39 is 33.4 Å². The zero-order valence-electron chi connectivity index (χ0n) is 15.7. The molecule has 1 atom stereocenters. The van der Waals surface area contributed by atoms with E-state index in [9.17, 15) is 18.0 Å². The molecule has 1 fully saturated rings. The van der Waals surface area contributed by atoms with Crippen LogP contribution in [0.1, 0.15) is 32.8 Å². The highest BCUT2D eigenvalue weighted by Gasteiger charge is 2.50. The summed E-state index contributed by atoms with van der Waals surface area (Å²) in [6.07, 6.45) is -0.172. The second kappa shape index (κ2) is 6.85. The Bertz CT molecular complexity index is 958. The van der Waals surface area contributed by atoms with E-state index >= 15 is 0 Å². The monoisotopic (exact) mass is 406 g/mol. The SMILES string of the molecule is Cc1ccc(N2C(=O)CC(N(C(C)(C)C)S(=O)(=O)c3cccs3)C2=O)cc1. The lowest BCUT2D eigenvalue weighted by atomic mass is 10.1. The average molecular weight is 407 g/mol. The van der Waals surface area contributed by atoms with Crippen LogP contribution >= 0.6 is 11.3 Å². The Hall–Kier alpha value is -2.03. The number of rotatable bonds is 4. The lowest BCUT2D eigenvalue weighted by molar-refractivity contribution is -0.122. The Morgan fingerprint density at radius 2 is 1.74 bits per heavy atom. The molecular formula is C19H22N2O4S2. The van der Waals surface area contributed by atoms with Gasteiger partial charge < -0.3 is 0 Å². The first-order valence-corrected chi connectivity index (χ1v) is 10.9. The van der Waals surface area contributed by atoms with Gasteiger partial charge in [0.15, 0.2) is 0 Å². The normalized spacial score (nSPS) is 18.6. The number of carbonyl (C=O) groups is 2. The lowest BCUT2D eigenvalue weighted by Gasteiger charge is -2.37. The number of aryl methyl sites for hydroxylation is 1. The van der Waals surface area contributed by atoms with Crippen LogP contribution in [0.4, 0.5) is 5.69 Å². The largest absolute Gasteiger partial charge is 0.274 e. The molecule has 1 aliphatic rings. The van der Waals surface area contributed by atoms with Crippen LogP contribution in [0.15, 0.2) is 46.0 Å². The number of carbonyl (C=O) groups excluding carboxylic acids is 2. The van der Waals surface area contributed by atoms with E-state index in [0.29, 0.717) is 5.69 Å².